The van der Waals surface area contributed by atoms with Crippen LogP contribution in [0.25, 0.3) is 0 Å². The molecule has 2 heterocycles. The van der Waals surface area contributed by atoms with Crippen LogP contribution in [0, 0.1) is 0 Å². The number of anilines is 1. The fourth-order valence-electron chi connectivity index (χ4n) is 3.71. The highest BCUT2D eigenvalue weighted by atomic mass is 16.5. The van der Waals surface area contributed by atoms with Gasteiger partial charge in [-0.1, -0.05) is 18.2 Å². The SMILES string of the molecule is CN(CC1Cc2ccccc2O1)C(=O)c1nc(N)nc2c1CCCC2. The minimum absolute atomic E-state index is 0.0265. The molecule has 25 heavy (non-hydrogen) atoms. The lowest BCUT2D eigenvalue weighted by atomic mass is 9.94. The summed E-state index contributed by atoms with van der Waals surface area (Å²) < 4.78 is 5.95. The molecule has 1 atom stereocenters. The summed E-state index contributed by atoms with van der Waals surface area (Å²) in [4.78, 5) is 23.2. The molecule has 6 heteroatoms. The number of likely N-dealkylation sites (N-methyl/N-ethyl adjacent to an activating group) is 1. The van der Waals surface area contributed by atoms with Crippen molar-refractivity contribution >= 4 is 11.9 Å². The molecule has 1 aliphatic heterocycles. The first-order valence-electron chi connectivity index (χ1n) is 8.77. The van der Waals surface area contributed by atoms with Crippen molar-refractivity contribution in [3.05, 3.63) is 46.8 Å². The average Bonchev–Trinajstić information content (AvgIpc) is 3.02. The fourth-order valence-corrected chi connectivity index (χ4v) is 3.71. The second-order valence-electron chi connectivity index (χ2n) is 6.80. The van der Waals surface area contributed by atoms with Crippen molar-refractivity contribution in [2.24, 2.45) is 0 Å². The fraction of sp³-hybridized carbons (Fsp3) is 0.421. The van der Waals surface area contributed by atoms with Gasteiger partial charge in [0.2, 0.25) is 5.95 Å². The summed E-state index contributed by atoms with van der Waals surface area (Å²) in [6, 6.07) is 8.01. The van der Waals surface area contributed by atoms with E-state index in [1.807, 2.05) is 18.2 Å². The van der Waals surface area contributed by atoms with Crippen molar-refractivity contribution in [3.63, 3.8) is 0 Å². The third-order valence-electron chi connectivity index (χ3n) is 4.94. The quantitative estimate of drug-likeness (QED) is 0.926. The Morgan fingerprint density at radius 1 is 1.28 bits per heavy atom. The summed E-state index contributed by atoms with van der Waals surface area (Å²) in [6.45, 7) is 0.520. The number of para-hydroxylation sites is 1. The van der Waals surface area contributed by atoms with E-state index in [4.69, 9.17) is 10.5 Å². The van der Waals surface area contributed by atoms with Gasteiger partial charge in [0, 0.05) is 24.7 Å². The van der Waals surface area contributed by atoms with Gasteiger partial charge in [0.1, 0.15) is 17.5 Å². The van der Waals surface area contributed by atoms with Gasteiger partial charge < -0.3 is 15.4 Å². The predicted octanol–water partition coefficient (Wildman–Crippen LogP) is 2.01. The largest absolute Gasteiger partial charge is 0.488 e. The van der Waals surface area contributed by atoms with Crippen LogP contribution < -0.4 is 10.5 Å². The highest BCUT2D eigenvalue weighted by Gasteiger charge is 2.28. The monoisotopic (exact) mass is 338 g/mol. The summed E-state index contributed by atoms with van der Waals surface area (Å²) in [5, 5.41) is 0. The Bertz CT molecular complexity index is 796. The van der Waals surface area contributed by atoms with E-state index < -0.39 is 0 Å². The summed E-state index contributed by atoms with van der Waals surface area (Å²) in [7, 11) is 1.79. The van der Waals surface area contributed by atoms with Crippen LogP contribution in [0.4, 0.5) is 5.95 Å². The number of amides is 1. The van der Waals surface area contributed by atoms with E-state index in [-0.39, 0.29) is 18.0 Å². The number of aromatic nitrogens is 2. The predicted molar refractivity (Wildman–Crippen MR) is 94.6 cm³/mol. The Morgan fingerprint density at radius 3 is 2.92 bits per heavy atom. The average molecular weight is 338 g/mol. The molecule has 0 spiro atoms. The second kappa shape index (κ2) is 6.35. The summed E-state index contributed by atoms with van der Waals surface area (Å²) >= 11 is 0. The van der Waals surface area contributed by atoms with E-state index >= 15 is 0 Å². The number of nitrogens with two attached hydrogens (primary N) is 1. The molecule has 0 bridgehead atoms. The zero-order valence-electron chi connectivity index (χ0n) is 14.4. The molecule has 1 aliphatic carbocycles. The molecule has 1 aromatic heterocycles. The molecule has 1 aromatic carbocycles. The molecule has 0 radical (unpaired) electrons. The summed E-state index contributed by atoms with van der Waals surface area (Å²) in [5.41, 5.74) is 9.37. The number of ether oxygens (including phenoxy) is 1. The first-order valence-corrected chi connectivity index (χ1v) is 8.77. The van der Waals surface area contributed by atoms with Crippen LogP contribution in [0.2, 0.25) is 0 Å². The Morgan fingerprint density at radius 2 is 2.08 bits per heavy atom. The van der Waals surface area contributed by atoms with E-state index in [0.29, 0.717) is 12.2 Å². The Kier molecular flexibility index (Phi) is 4.03. The second-order valence-corrected chi connectivity index (χ2v) is 6.80. The lowest BCUT2D eigenvalue weighted by Gasteiger charge is -2.23. The molecule has 6 nitrogen and oxygen atoms in total. The number of hydrogen-bond donors (Lipinski definition) is 1. The van der Waals surface area contributed by atoms with Gasteiger partial charge in [-0.2, -0.15) is 0 Å². The topological polar surface area (TPSA) is 81.3 Å². The van der Waals surface area contributed by atoms with Gasteiger partial charge in [0.05, 0.1) is 6.54 Å². The van der Waals surface area contributed by atoms with Crippen LogP contribution in [0.5, 0.6) is 5.75 Å². The van der Waals surface area contributed by atoms with Crippen molar-refractivity contribution < 1.29 is 9.53 Å². The van der Waals surface area contributed by atoms with Crippen molar-refractivity contribution in [1.29, 1.82) is 0 Å². The molecule has 1 amide bonds. The number of fused-ring (bicyclic) bond motifs is 2. The van der Waals surface area contributed by atoms with E-state index in [2.05, 4.69) is 16.0 Å². The summed E-state index contributed by atoms with van der Waals surface area (Å²) in [6.07, 6.45) is 4.65. The molecule has 130 valence electrons. The number of hydrogen-bond acceptors (Lipinski definition) is 5. The van der Waals surface area contributed by atoms with Crippen molar-refractivity contribution in [2.45, 2.75) is 38.2 Å². The van der Waals surface area contributed by atoms with Gasteiger partial charge in [-0.15, -0.1) is 0 Å². The van der Waals surface area contributed by atoms with Crippen LogP contribution in [0.3, 0.4) is 0 Å². The number of nitrogen functional groups attached to an aromatic ring is 1. The lowest BCUT2D eigenvalue weighted by Crippen LogP contribution is -2.37. The number of benzene rings is 1. The van der Waals surface area contributed by atoms with E-state index in [1.54, 1.807) is 11.9 Å². The minimum atomic E-state index is -0.105. The highest BCUT2D eigenvalue weighted by molar-refractivity contribution is 5.94. The van der Waals surface area contributed by atoms with Crippen LogP contribution >= 0.6 is 0 Å². The summed E-state index contributed by atoms with van der Waals surface area (Å²) in [5.74, 6) is 0.991. The Balaban J connectivity index is 1.51. The normalized spacial score (nSPS) is 18.2. The maximum absolute atomic E-state index is 13.0. The lowest BCUT2D eigenvalue weighted by molar-refractivity contribution is 0.0723. The van der Waals surface area contributed by atoms with E-state index in [0.717, 1.165) is 49.1 Å². The third kappa shape index (κ3) is 3.04. The van der Waals surface area contributed by atoms with Gasteiger partial charge >= 0.3 is 0 Å². The van der Waals surface area contributed by atoms with Crippen molar-refractivity contribution in [1.82, 2.24) is 14.9 Å². The molecule has 2 aliphatic rings. The number of nitrogens with zero attached hydrogens (tertiary/aromatic N) is 3. The van der Waals surface area contributed by atoms with Gasteiger partial charge in [-0.05, 0) is 37.3 Å². The van der Waals surface area contributed by atoms with Crippen LogP contribution in [0.15, 0.2) is 24.3 Å². The molecule has 2 N–H and O–H groups in total. The van der Waals surface area contributed by atoms with Gasteiger partial charge in [-0.25, -0.2) is 9.97 Å². The number of aryl methyl sites for hydroxylation is 1. The van der Waals surface area contributed by atoms with Crippen LogP contribution in [0.1, 0.15) is 40.2 Å². The van der Waals surface area contributed by atoms with E-state index in [1.165, 1.54) is 5.56 Å². The van der Waals surface area contributed by atoms with Crippen LogP contribution in [-0.2, 0) is 19.3 Å². The molecule has 0 saturated heterocycles. The molecule has 0 fully saturated rings. The smallest absolute Gasteiger partial charge is 0.272 e. The first kappa shape index (κ1) is 15.9. The van der Waals surface area contributed by atoms with Gasteiger partial charge in [-0.3, -0.25) is 4.79 Å². The molecule has 4 rings (SSSR count). The Hall–Kier alpha value is -2.63. The zero-order valence-corrected chi connectivity index (χ0v) is 14.4. The van der Waals surface area contributed by atoms with Crippen LogP contribution in [-0.4, -0.2) is 40.5 Å². The number of carbonyl (C=O) groups excluding carboxylic acids is 1. The zero-order chi connectivity index (χ0) is 17.4. The number of rotatable bonds is 3. The van der Waals surface area contributed by atoms with Gasteiger partial charge in [0.15, 0.2) is 0 Å². The highest BCUT2D eigenvalue weighted by Crippen LogP contribution is 2.29. The van der Waals surface area contributed by atoms with Crippen molar-refractivity contribution in [2.75, 3.05) is 19.3 Å². The maximum Gasteiger partial charge on any atom is 0.272 e. The van der Waals surface area contributed by atoms with Gasteiger partial charge in [0.25, 0.3) is 5.91 Å². The van der Waals surface area contributed by atoms with E-state index in [9.17, 15) is 4.79 Å². The minimum Gasteiger partial charge on any atom is -0.488 e. The first-order chi connectivity index (χ1) is 12.1. The Labute approximate surface area is 147 Å². The third-order valence-corrected chi connectivity index (χ3v) is 4.94. The maximum atomic E-state index is 13.0. The molecule has 0 saturated carbocycles. The number of carbonyl (C=O) groups is 1. The standard InChI is InChI=1S/C19H22N4O2/c1-23(11-13-10-12-6-2-5-9-16(12)25-13)18(24)17-14-7-3-4-8-15(14)21-19(20)22-17/h2,5-6,9,13H,3-4,7-8,10-11H2,1H3,(H2,20,21,22). The van der Waals surface area contributed by atoms with Crippen molar-refractivity contribution in [3.8, 4) is 5.75 Å². The molecular formula is C19H22N4O2. The molecular weight excluding hydrogens is 316 g/mol. The molecule has 2 aromatic rings. The molecule has 1 unspecified atom stereocenters.